The lowest BCUT2D eigenvalue weighted by Crippen LogP contribution is -2.48. The summed E-state index contributed by atoms with van der Waals surface area (Å²) in [5.41, 5.74) is 5.09. The maximum Gasteiger partial charge on any atom is 0.222 e. The summed E-state index contributed by atoms with van der Waals surface area (Å²) in [7, 11) is 0. The van der Waals surface area contributed by atoms with Gasteiger partial charge in [0.1, 0.15) is 0 Å². The van der Waals surface area contributed by atoms with Crippen molar-refractivity contribution in [1.82, 2.24) is 19.6 Å². The van der Waals surface area contributed by atoms with Crippen LogP contribution in [0.15, 0.2) is 30.6 Å². The van der Waals surface area contributed by atoms with Crippen molar-refractivity contribution in [1.29, 1.82) is 0 Å². The molecule has 0 N–H and O–H groups in total. The molecule has 0 spiro atoms. The molecule has 2 fully saturated rings. The predicted molar refractivity (Wildman–Crippen MR) is 102 cm³/mol. The Bertz CT molecular complexity index is 784. The minimum Gasteiger partial charge on any atom is -0.338 e. The van der Waals surface area contributed by atoms with Crippen LogP contribution in [0, 0.1) is 13.8 Å². The molecule has 3 heterocycles. The highest BCUT2D eigenvalue weighted by atomic mass is 16.2. The van der Waals surface area contributed by atoms with Crippen molar-refractivity contribution >= 4 is 5.91 Å². The monoisotopic (exact) mass is 352 g/mol. The van der Waals surface area contributed by atoms with Crippen LogP contribution < -0.4 is 0 Å². The van der Waals surface area contributed by atoms with Crippen LogP contribution in [0.5, 0.6) is 0 Å². The number of amides is 1. The molecular weight excluding hydrogens is 324 g/mol. The van der Waals surface area contributed by atoms with E-state index in [2.05, 4.69) is 40.9 Å². The van der Waals surface area contributed by atoms with Crippen LogP contribution in [0.2, 0.25) is 0 Å². The zero-order chi connectivity index (χ0) is 18.1. The van der Waals surface area contributed by atoms with E-state index in [0.29, 0.717) is 11.9 Å². The van der Waals surface area contributed by atoms with Gasteiger partial charge in [-0.3, -0.25) is 9.69 Å². The van der Waals surface area contributed by atoms with Crippen LogP contribution >= 0.6 is 0 Å². The molecule has 0 aliphatic carbocycles. The summed E-state index contributed by atoms with van der Waals surface area (Å²) < 4.78 is 1.97. The molecule has 1 amide bonds. The summed E-state index contributed by atoms with van der Waals surface area (Å²) in [6.07, 6.45) is 7.90. The van der Waals surface area contributed by atoms with E-state index < -0.39 is 0 Å². The number of piperidine rings is 1. The third-order valence-corrected chi connectivity index (χ3v) is 5.76. The normalized spacial score (nSPS) is 21.5. The van der Waals surface area contributed by atoms with Gasteiger partial charge in [0.15, 0.2) is 0 Å². The molecule has 138 valence electrons. The van der Waals surface area contributed by atoms with Crippen LogP contribution in [-0.4, -0.2) is 51.2 Å². The largest absolute Gasteiger partial charge is 0.338 e. The quantitative estimate of drug-likeness (QED) is 0.849. The molecule has 2 aromatic rings. The summed E-state index contributed by atoms with van der Waals surface area (Å²) in [4.78, 5) is 16.8. The Labute approximate surface area is 155 Å². The van der Waals surface area contributed by atoms with Crippen LogP contribution in [0.3, 0.4) is 0 Å². The van der Waals surface area contributed by atoms with Crippen LogP contribution in [0.1, 0.15) is 42.4 Å². The lowest BCUT2D eigenvalue weighted by molar-refractivity contribution is -0.130. The second-order valence-electron chi connectivity index (χ2n) is 7.75. The first-order chi connectivity index (χ1) is 12.6. The van der Waals surface area contributed by atoms with Crippen LogP contribution in [-0.2, 0) is 11.3 Å². The number of benzene rings is 1. The zero-order valence-electron chi connectivity index (χ0n) is 15.8. The lowest BCUT2D eigenvalue weighted by Gasteiger charge is -2.38. The van der Waals surface area contributed by atoms with Gasteiger partial charge in [0.05, 0.1) is 5.69 Å². The Kier molecular flexibility index (Phi) is 4.81. The van der Waals surface area contributed by atoms with Crippen molar-refractivity contribution in [2.24, 2.45) is 0 Å². The van der Waals surface area contributed by atoms with Gasteiger partial charge in [-0.05, 0) is 68.5 Å². The standard InChI is InChI=1S/C21H28N4O/c1-16-12-17(2)19(20(13-16)25-11-5-8-22-25)15-23-9-3-6-18(14-23)24-10-4-7-21(24)26/h5,8,11-13,18H,3-4,6-7,9-10,14-15H2,1-2H3/t18-/m0/s1. The predicted octanol–water partition coefficient (Wildman–Crippen LogP) is 3.08. The minimum absolute atomic E-state index is 0.348. The SMILES string of the molecule is Cc1cc(C)c(CN2CCC[C@H](N3CCCC3=O)C2)c(-n2cccn2)c1. The molecule has 1 aromatic carbocycles. The molecule has 1 aromatic heterocycles. The second kappa shape index (κ2) is 7.23. The van der Waals surface area contributed by atoms with Crippen molar-refractivity contribution < 1.29 is 4.79 Å². The Hall–Kier alpha value is -2.14. The number of hydrogen-bond acceptors (Lipinski definition) is 3. The Balaban J connectivity index is 1.56. The number of carbonyl (C=O) groups excluding carboxylic acids is 1. The van der Waals surface area contributed by atoms with Gasteiger partial charge in [0.25, 0.3) is 0 Å². The van der Waals surface area contributed by atoms with Gasteiger partial charge in [-0.2, -0.15) is 5.10 Å². The number of hydrogen-bond donors (Lipinski definition) is 0. The van der Waals surface area contributed by atoms with E-state index in [1.807, 2.05) is 23.1 Å². The Morgan fingerprint density at radius 3 is 2.81 bits per heavy atom. The Morgan fingerprint density at radius 2 is 2.08 bits per heavy atom. The van der Waals surface area contributed by atoms with Gasteiger partial charge in [-0.25, -0.2) is 4.68 Å². The topological polar surface area (TPSA) is 41.4 Å². The van der Waals surface area contributed by atoms with Crippen molar-refractivity contribution in [3.8, 4) is 5.69 Å². The molecule has 2 saturated heterocycles. The molecule has 5 heteroatoms. The van der Waals surface area contributed by atoms with Crippen LogP contribution in [0.25, 0.3) is 5.69 Å². The first-order valence-corrected chi connectivity index (χ1v) is 9.74. The maximum absolute atomic E-state index is 12.1. The fraction of sp³-hybridized carbons (Fsp3) is 0.524. The molecule has 0 radical (unpaired) electrons. The molecule has 2 aliphatic heterocycles. The van der Waals surface area contributed by atoms with E-state index in [1.165, 1.54) is 22.4 Å². The summed E-state index contributed by atoms with van der Waals surface area (Å²) in [5.74, 6) is 0.348. The van der Waals surface area contributed by atoms with E-state index in [1.54, 1.807) is 0 Å². The molecular formula is C21H28N4O. The van der Waals surface area contributed by atoms with Gasteiger partial charge < -0.3 is 4.90 Å². The number of aromatic nitrogens is 2. The van der Waals surface area contributed by atoms with Crippen molar-refractivity contribution in [2.75, 3.05) is 19.6 Å². The minimum atomic E-state index is 0.348. The smallest absolute Gasteiger partial charge is 0.222 e. The molecule has 2 aliphatic rings. The van der Waals surface area contributed by atoms with E-state index in [0.717, 1.165) is 51.9 Å². The zero-order valence-corrected chi connectivity index (χ0v) is 15.8. The fourth-order valence-corrected chi connectivity index (χ4v) is 4.50. The summed E-state index contributed by atoms with van der Waals surface area (Å²) in [6.45, 7) is 8.28. The summed E-state index contributed by atoms with van der Waals surface area (Å²) in [5, 5.41) is 4.46. The highest BCUT2D eigenvalue weighted by molar-refractivity contribution is 5.78. The summed E-state index contributed by atoms with van der Waals surface area (Å²) >= 11 is 0. The van der Waals surface area contributed by atoms with Gasteiger partial charge in [-0.15, -0.1) is 0 Å². The first kappa shape index (κ1) is 17.3. The molecule has 4 rings (SSSR count). The lowest BCUT2D eigenvalue weighted by atomic mass is 9.99. The van der Waals surface area contributed by atoms with E-state index in [-0.39, 0.29) is 0 Å². The number of aryl methyl sites for hydroxylation is 2. The van der Waals surface area contributed by atoms with E-state index >= 15 is 0 Å². The van der Waals surface area contributed by atoms with Crippen molar-refractivity contribution in [2.45, 2.75) is 52.1 Å². The Morgan fingerprint density at radius 1 is 1.19 bits per heavy atom. The number of rotatable bonds is 4. The third-order valence-electron chi connectivity index (χ3n) is 5.76. The molecule has 1 atom stereocenters. The average molecular weight is 352 g/mol. The fourth-order valence-electron chi connectivity index (χ4n) is 4.50. The maximum atomic E-state index is 12.1. The third kappa shape index (κ3) is 3.40. The van der Waals surface area contributed by atoms with Gasteiger partial charge in [0.2, 0.25) is 5.91 Å². The van der Waals surface area contributed by atoms with Crippen molar-refractivity contribution in [3.05, 3.63) is 47.3 Å². The highest BCUT2D eigenvalue weighted by Gasteiger charge is 2.31. The van der Waals surface area contributed by atoms with Gasteiger partial charge in [-0.1, -0.05) is 6.07 Å². The highest BCUT2D eigenvalue weighted by Crippen LogP contribution is 2.26. The number of likely N-dealkylation sites (tertiary alicyclic amines) is 2. The first-order valence-electron chi connectivity index (χ1n) is 9.74. The molecule has 0 unspecified atom stereocenters. The molecule has 0 saturated carbocycles. The molecule has 5 nitrogen and oxygen atoms in total. The second-order valence-corrected chi connectivity index (χ2v) is 7.75. The number of nitrogens with zero attached hydrogens (tertiary/aromatic N) is 4. The van der Waals surface area contributed by atoms with Crippen LogP contribution in [0.4, 0.5) is 0 Å². The molecule has 0 bridgehead atoms. The molecule has 26 heavy (non-hydrogen) atoms. The number of carbonyl (C=O) groups is 1. The van der Waals surface area contributed by atoms with Gasteiger partial charge in [0, 0.05) is 44.5 Å². The average Bonchev–Trinajstić information content (AvgIpc) is 3.29. The van der Waals surface area contributed by atoms with Crippen molar-refractivity contribution in [3.63, 3.8) is 0 Å². The van der Waals surface area contributed by atoms with Gasteiger partial charge >= 0.3 is 0 Å². The summed E-state index contributed by atoms with van der Waals surface area (Å²) in [6, 6.07) is 6.84. The van der Waals surface area contributed by atoms with E-state index in [9.17, 15) is 4.79 Å². The van der Waals surface area contributed by atoms with E-state index in [4.69, 9.17) is 0 Å².